The van der Waals surface area contributed by atoms with Crippen LogP contribution >= 0.6 is 0 Å². The number of hydrogen-bond acceptors (Lipinski definition) is 3. The topological polar surface area (TPSA) is 40.6 Å². The summed E-state index contributed by atoms with van der Waals surface area (Å²) in [6.07, 6.45) is 8.13. The van der Waals surface area contributed by atoms with E-state index in [1.807, 2.05) is 29.2 Å². The van der Waals surface area contributed by atoms with Crippen molar-refractivity contribution in [3.05, 3.63) is 29.8 Å². The summed E-state index contributed by atoms with van der Waals surface area (Å²) in [5.41, 5.74) is 1.51. The van der Waals surface area contributed by atoms with E-state index in [2.05, 4.69) is 11.8 Å². The van der Waals surface area contributed by atoms with Crippen LogP contribution in [0.5, 0.6) is 0 Å². The normalized spacial score (nSPS) is 19.5. The average molecular weight is 357 g/mol. The van der Waals surface area contributed by atoms with Crippen molar-refractivity contribution in [2.24, 2.45) is 5.92 Å². The minimum Gasteiger partial charge on any atom is -0.312 e. The Balaban J connectivity index is 1.48. The van der Waals surface area contributed by atoms with Crippen LogP contribution in [0.1, 0.15) is 68.6 Å². The average Bonchev–Trinajstić information content (AvgIpc) is 2.78. The lowest BCUT2D eigenvalue weighted by Gasteiger charge is -2.32. The Morgan fingerprint density at radius 1 is 1.00 bits per heavy atom. The lowest BCUT2D eigenvalue weighted by molar-refractivity contribution is -0.118. The number of rotatable bonds is 7. The molecule has 0 radical (unpaired) electrons. The number of hydrogen-bond donors (Lipinski definition) is 0. The quantitative estimate of drug-likeness (QED) is 0.684. The van der Waals surface area contributed by atoms with Gasteiger partial charge in [-0.25, -0.2) is 0 Å². The number of ketones is 1. The smallest absolute Gasteiger partial charge is 0.227 e. The lowest BCUT2D eigenvalue weighted by atomic mass is 9.92. The van der Waals surface area contributed by atoms with Gasteiger partial charge < -0.3 is 9.80 Å². The fourth-order valence-electron chi connectivity index (χ4n) is 4.33. The second-order valence-corrected chi connectivity index (χ2v) is 7.77. The zero-order chi connectivity index (χ0) is 18.4. The molecule has 142 valence electrons. The van der Waals surface area contributed by atoms with Gasteiger partial charge in [0.15, 0.2) is 5.78 Å². The molecule has 4 nitrogen and oxygen atoms in total. The highest BCUT2D eigenvalue weighted by molar-refractivity contribution is 6.09. The second kappa shape index (κ2) is 9.31. The molecule has 1 amide bonds. The molecule has 0 bridgehead atoms. The molecular weight excluding hydrogens is 324 g/mol. The van der Waals surface area contributed by atoms with Gasteiger partial charge in [-0.1, -0.05) is 31.9 Å². The Morgan fingerprint density at radius 2 is 1.73 bits per heavy atom. The van der Waals surface area contributed by atoms with Gasteiger partial charge in [0.1, 0.15) is 0 Å². The van der Waals surface area contributed by atoms with Crippen molar-refractivity contribution in [2.75, 3.05) is 31.1 Å². The number of para-hydroxylation sites is 1. The van der Waals surface area contributed by atoms with Crippen LogP contribution in [0.2, 0.25) is 0 Å². The summed E-state index contributed by atoms with van der Waals surface area (Å²) in [7, 11) is 0. The van der Waals surface area contributed by atoms with Crippen molar-refractivity contribution >= 4 is 17.4 Å². The highest BCUT2D eigenvalue weighted by Gasteiger charge is 2.26. The Bertz CT molecular complexity index is 620. The molecule has 1 aromatic carbocycles. The molecule has 1 aromatic rings. The van der Waals surface area contributed by atoms with E-state index in [1.54, 1.807) is 0 Å². The van der Waals surface area contributed by atoms with E-state index in [1.165, 1.54) is 38.8 Å². The van der Waals surface area contributed by atoms with E-state index in [9.17, 15) is 9.59 Å². The number of Topliss-reactive ketones (excluding diaryl/α,β-unsaturated/α-hetero) is 1. The molecule has 26 heavy (non-hydrogen) atoms. The number of carbonyl (C=O) groups excluding carboxylic acids is 2. The molecule has 3 rings (SSSR count). The Labute approximate surface area is 157 Å². The number of carbonyl (C=O) groups is 2. The summed E-state index contributed by atoms with van der Waals surface area (Å²) < 4.78 is 0. The molecule has 2 aliphatic rings. The number of likely N-dealkylation sites (tertiary alicyclic amines) is 1. The zero-order valence-electron chi connectivity index (χ0n) is 16.1. The van der Waals surface area contributed by atoms with Crippen molar-refractivity contribution in [2.45, 2.75) is 58.3 Å². The van der Waals surface area contributed by atoms with Crippen LogP contribution in [0.25, 0.3) is 0 Å². The summed E-state index contributed by atoms with van der Waals surface area (Å²) in [5, 5.41) is 0. The maximum Gasteiger partial charge on any atom is 0.227 e. The van der Waals surface area contributed by atoms with Gasteiger partial charge in [-0.3, -0.25) is 9.59 Å². The molecule has 1 fully saturated rings. The number of unbranched alkanes of at least 4 members (excludes halogenated alkanes) is 1. The molecule has 0 saturated carbocycles. The van der Waals surface area contributed by atoms with E-state index in [0.29, 0.717) is 18.4 Å². The van der Waals surface area contributed by atoms with Crippen LogP contribution in [0.3, 0.4) is 0 Å². The Kier molecular flexibility index (Phi) is 6.84. The molecule has 0 unspecified atom stereocenters. The maximum absolute atomic E-state index is 12.5. The van der Waals surface area contributed by atoms with Crippen molar-refractivity contribution in [1.29, 1.82) is 0 Å². The monoisotopic (exact) mass is 356 g/mol. The standard InChI is InChI=1S/C22H32N2O2/c1-2-7-18-12-16-23(17-13-18)14-5-6-15-24-20-9-4-3-8-19(20)21(25)10-11-22(24)26/h3-4,8-9,18H,2,5-7,10-17H2,1H3. The molecular formula is C22H32N2O2. The number of fused-ring (bicyclic) bond motifs is 1. The van der Waals surface area contributed by atoms with Crippen LogP contribution in [-0.4, -0.2) is 42.8 Å². The first-order valence-corrected chi connectivity index (χ1v) is 10.3. The first kappa shape index (κ1) is 19.1. The molecule has 0 aliphatic carbocycles. The highest BCUT2D eigenvalue weighted by atomic mass is 16.2. The summed E-state index contributed by atoms with van der Waals surface area (Å²) in [6.45, 7) is 6.58. The third-order valence-corrected chi connectivity index (χ3v) is 5.87. The van der Waals surface area contributed by atoms with Crippen molar-refractivity contribution in [3.63, 3.8) is 0 Å². The number of piperidine rings is 1. The summed E-state index contributed by atoms with van der Waals surface area (Å²) in [4.78, 5) is 29.1. The Hall–Kier alpha value is -1.68. The molecule has 2 heterocycles. The molecule has 2 aliphatic heterocycles. The van der Waals surface area contributed by atoms with Gasteiger partial charge in [0.05, 0.1) is 5.69 Å². The third kappa shape index (κ3) is 4.73. The molecule has 4 heteroatoms. The van der Waals surface area contributed by atoms with E-state index >= 15 is 0 Å². The first-order chi connectivity index (χ1) is 12.7. The van der Waals surface area contributed by atoms with Crippen molar-refractivity contribution < 1.29 is 9.59 Å². The van der Waals surface area contributed by atoms with Gasteiger partial charge in [-0.2, -0.15) is 0 Å². The van der Waals surface area contributed by atoms with Crippen LogP contribution in [0.15, 0.2) is 24.3 Å². The van der Waals surface area contributed by atoms with Crippen LogP contribution in [-0.2, 0) is 4.79 Å². The SMILES string of the molecule is CCCC1CCN(CCCCN2C(=O)CCC(=O)c3ccccc32)CC1. The number of anilines is 1. The third-order valence-electron chi connectivity index (χ3n) is 5.87. The van der Waals surface area contributed by atoms with E-state index in [-0.39, 0.29) is 11.7 Å². The lowest BCUT2D eigenvalue weighted by Crippen LogP contribution is -2.35. The minimum absolute atomic E-state index is 0.0867. The largest absolute Gasteiger partial charge is 0.312 e. The predicted octanol–water partition coefficient (Wildman–Crippen LogP) is 4.29. The van der Waals surface area contributed by atoms with Gasteiger partial charge in [0.2, 0.25) is 5.91 Å². The number of amides is 1. The van der Waals surface area contributed by atoms with Crippen molar-refractivity contribution in [3.8, 4) is 0 Å². The minimum atomic E-state index is 0.0867. The fraction of sp³-hybridized carbons (Fsp3) is 0.636. The fourth-order valence-corrected chi connectivity index (χ4v) is 4.33. The van der Waals surface area contributed by atoms with Gasteiger partial charge in [-0.15, -0.1) is 0 Å². The van der Waals surface area contributed by atoms with Gasteiger partial charge in [-0.05, 0) is 63.4 Å². The molecule has 0 aromatic heterocycles. The van der Waals surface area contributed by atoms with E-state index < -0.39 is 0 Å². The summed E-state index contributed by atoms with van der Waals surface area (Å²) in [5.74, 6) is 1.11. The van der Waals surface area contributed by atoms with Crippen molar-refractivity contribution in [1.82, 2.24) is 4.90 Å². The summed E-state index contributed by atoms with van der Waals surface area (Å²) in [6, 6.07) is 7.56. The van der Waals surface area contributed by atoms with Gasteiger partial charge in [0.25, 0.3) is 0 Å². The molecule has 0 atom stereocenters. The van der Waals surface area contributed by atoms with E-state index in [0.717, 1.165) is 37.5 Å². The van der Waals surface area contributed by atoms with Gasteiger partial charge in [0, 0.05) is 24.9 Å². The molecule has 0 spiro atoms. The predicted molar refractivity (Wildman–Crippen MR) is 106 cm³/mol. The summed E-state index contributed by atoms with van der Waals surface area (Å²) >= 11 is 0. The Morgan fingerprint density at radius 3 is 2.50 bits per heavy atom. The number of benzene rings is 1. The maximum atomic E-state index is 12.5. The molecule has 0 N–H and O–H groups in total. The second-order valence-electron chi connectivity index (χ2n) is 7.77. The van der Waals surface area contributed by atoms with E-state index in [4.69, 9.17) is 0 Å². The van der Waals surface area contributed by atoms with Crippen LogP contribution in [0.4, 0.5) is 5.69 Å². The van der Waals surface area contributed by atoms with Crippen LogP contribution in [0, 0.1) is 5.92 Å². The first-order valence-electron chi connectivity index (χ1n) is 10.3. The van der Waals surface area contributed by atoms with Crippen LogP contribution < -0.4 is 4.90 Å². The highest BCUT2D eigenvalue weighted by Crippen LogP contribution is 2.27. The van der Waals surface area contributed by atoms with Gasteiger partial charge >= 0.3 is 0 Å². The zero-order valence-corrected chi connectivity index (χ0v) is 16.1. The molecule has 1 saturated heterocycles. The number of nitrogens with zero attached hydrogens (tertiary/aromatic N) is 2.